The van der Waals surface area contributed by atoms with E-state index in [1.54, 1.807) is 50.2 Å². The fourth-order valence-corrected chi connectivity index (χ4v) is 2.22. The Bertz CT molecular complexity index is 688. The summed E-state index contributed by atoms with van der Waals surface area (Å²) in [4.78, 5) is 23.2. The molecule has 5 nitrogen and oxygen atoms in total. The predicted molar refractivity (Wildman–Crippen MR) is 85.5 cm³/mol. The molecule has 2 rings (SSSR count). The van der Waals surface area contributed by atoms with Crippen molar-refractivity contribution in [3.05, 3.63) is 47.7 Å². The van der Waals surface area contributed by atoms with Crippen molar-refractivity contribution < 1.29 is 19.1 Å². The van der Waals surface area contributed by atoms with Crippen molar-refractivity contribution in [1.82, 2.24) is 0 Å². The Morgan fingerprint density at radius 3 is 2.27 bits per heavy atom. The summed E-state index contributed by atoms with van der Waals surface area (Å²) in [5.74, 6) is -1.01. The van der Waals surface area contributed by atoms with E-state index in [9.17, 15) is 14.7 Å². The van der Waals surface area contributed by atoms with Gasteiger partial charge in [-0.1, -0.05) is 23.9 Å². The van der Waals surface area contributed by atoms with Gasteiger partial charge in [0.25, 0.3) is 5.91 Å². The number of carboxylic acid groups (broad SMARTS) is 1. The van der Waals surface area contributed by atoms with Gasteiger partial charge in [-0.2, -0.15) is 0 Å². The number of benzene rings is 1. The zero-order valence-corrected chi connectivity index (χ0v) is 13.4. The Morgan fingerprint density at radius 1 is 1.14 bits per heavy atom. The number of furan rings is 1. The molecule has 0 aliphatic carbocycles. The van der Waals surface area contributed by atoms with Crippen LogP contribution in [-0.4, -0.2) is 23.2 Å². The minimum Gasteiger partial charge on any atom is -0.481 e. The Kier molecular flexibility index (Phi) is 4.61. The van der Waals surface area contributed by atoms with Crippen LogP contribution < -0.4 is 5.32 Å². The molecule has 1 heterocycles. The Labute approximate surface area is 132 Å². The lowest BCUT2D eigenvalue weighted by Crippen LogP contribution is -2.28. The van der Waals surface area contributed by atoms with Crippen molar-refractivity contribution in [2.75, 3.05) is 11.6 Å². The second-order valence-electron chi connectivity index (χ2n) is 5.28. The van der Waals surface area contributed by atoms with Crippen LogP contribution in [0.15, 0.2) is 45.9 Å². The highest BCUT2D eigenvalue weighted by Gasteiger charge is 2.29. The van der Waals surface area contributed by atoms with Crippen LogP contribution in [0.4, 0.5) is 5.69 Å². The molecule has 0 unspecified atom stereocenters. The number of thioether (sulfide) groups is 1. The topological polar surface area (TPSA) is 79.5 Å². The number of rotatable bonds is 5. The van der Waals surface area contributed by atoms with Crippen molar-refractivity contribution in [3.63, 3.8) is 0 Å². The Hall–Kier alpha value is -2.21. The third-order valence-corrected chi connectivity index (χ3v) is 4.03. The van der Waals surface area contributed by atoms with Crippen molar-refractivity contribution in [3.8, 4) is 0 Å². The highest BCUT2D eigenvalue weighted by atomic mass is 32.2. The molecule has 22 heavy (non-hydrogen) atoms. The summed E-state index contributed by atoms with van der Waals surface area (Å²) in [7, 11) is 0. The molecule has 2 aromatic rings. The van der Waals surface area contributed by atoms with Gasteiger partial charge in [-0.15, -0.1) is 0 Å². The minimum atomic E-state index is -0.975. The maximum atomic E-state index is 12.0. The number of aliphatic carboxylic acids is 1. The van der Waals surface area contributed by atoms with Crippen LogP contribution in [0.1, 0.15) is 30.0 Å². The normalized spacial score (nSPS) is 11.2. The van der Waals surface area contributed by atoms with E-state index in [1.165, 1.54) is 11.8 Å². The van der Waals surface area contributed by atoms with E-state index in [2.05, 4.69) is 5.32 Å². The minimum absolute atomic E-state index is 0.235. The molecular weight excluding hydrogens is 302 g/mol. The molecule has 0 aliphatic heterocycles. The third-order valence-electron chi connectivity index (χ3n) is 3.41. The van der Waals surface area contributed by atoms with E-state index in [1.807, 2.05) is 6.26 Å². The largest absolute Gasteiger partial charge is 0.481 e. The lowest BCUT2D eigenvalue weighted by Gasteiger charge is -2.19. The molecule has 0 atom stereocenters. The molecule has 2 N–H and O–H groups in total. The molecule has 1 aromatic heterocycles. The molecule has 6 heteroatoms. The first kappa shape index (κ1) is 16.2. The van der Waals surface area contributed by atoms with Gasteiger partial charge < -0.3 is 14.8 Å². The molecule has 0 radical (unpaired) electrons. The van der Waals surface area contributed by atoms with E-state index in [-0.39, 0.29) is 11.7 Å². The lowest BCUT2D eigenvalue weighted by molar-refractivity contribution is -0.142. The van der Waals surface area contributed by atoms with Crippen molar-refractivity contribution in [2.24, 2.45) is 0 Å². The number of amides is 1. The van der Waals surface area contributed by atoms with E-state index in [0.717, 1.165) is 0 Å². The summed E-state index contributed by atoms with van der Waals surface area (Å²) >= 11 is 1.42. The van der Waals surface area contributed by atoms with Crippen molar-refractivity contribution in [2.45, 2.75) is 24.4 Å². The van der Waals surface area contributed by atoms with Crippen LogP contribution in [0.25, 0.3) is 0 Å². The van der Waals surface area contributed by atoms with Crippen LogP contribution in [0.3, 0.4) is 0 Å². The van der Waals surface area contributed by atoms with Gasteiger partial charge in [-0.05, 0) is 49.9 Å². The molecular formula is C16H17NO4S. The SMILES string of the molecule is CSc1ccc(C(=O)Nc2ccc(C(C)(C)C(=O)O)cc2)o1. The maximum Gasteiger partial charge on any atom is 0.313 e. The van der Waals surface area contributed by atoms with Crippen LogP contribution in [0.5, 0.6) is 0 Å². The summed E-state index contributed by atoms with van der Waals surface area (Å²) in [6.45, 7) is 3.27. The van der Waals surface area contributed by atoms with Gasteiger partial charge in [0.05, 0.1) is 5.41 Å². The molecule has 1 amide bonds. The van der Waals surface area contributed by atoms with Gasteiger partial charge in [0, 0.05) is 5.69 Å². The molecule has 0 saturated carbocycles. The summed E-state index contributed by atoms with van der Waals surface area (Å²) in [5, 5.41) is 12.6. The number of nitrogens with one attached hydrogen (secondary N) is 1. The van der Waals surface area contributed by atoms with Gasteiger partial charge in [0.1, 0.15) is 0 Å². The second-order valence-corrected chi connectivity index (χ2v) is 6.10. The van der Waals surface area contributed by atoms with Gasteiger partial charge in [-0.3, -0.25) is 9.59 Å². The average Bonchev–Trinajstić information content (AvgIpc) is 2.96. The number of anilines is 1. The first-order chi connectivity index (χ1) is 10.3. The predicted octanol–water partition coefficient (Wildman–Crippen LogP) is 3.62. The molecule has 0 bridgehead atoms. The van der Waals surface area contributed by atoms with Gasteiger partial charge in [0.2, 0.25) is 0 Å². The second kappa shape index (κ2) is 6.27. The zero-order valence-electron chi connectivity index (χ0n) is 12.5. The number of hydrogen-bond donors (Lipinski definition) is 2. The maximum absolute atomic E-state index is 12.0. The molecule has 0 aliphatic rings. The van der Waals surface area contributed by atoms with Crippen LogP contribution in [-0.2, 0) is 10.2 Å². The first-order valence-electron chi connectivity index (χ1n) is 6.63. The highest BCUT2D eigenvalue weighted by molar-refractivity contribution is 7.98. The summed E-state index contributed by atoms with van der Waals surface area (Å²) in [5.41, 5.74) is 0.272. The summed E-state index contributed by atoms with van der Waals surface area (Å²) in [6, 6.07) is 10.1. The lowest BCUT2D eigenvalue weighted by atomic mass is 9.85. The number of carbonyl (C=O) groups is 2. The third kappa shape index (κ3) is 3.33. The zero-order chi connectivity index (χ0) is 16.3. The average molecular weight is 319 g/mol. The van der Waals surface area contributed by atoms with Crippen LogP contribution in [0, 0.1) is 0 Å². The standard InChI is InChI=1S/C16H17NO4S/c1-16(2,15(19)20)10-4-6-11(7-5-10)17-14(18)12-8-9-13(21-12)22-3/h4-9H,1-3H3,(H,17,18)(H,19,20). The summed E-state index contributed by atoms with van der Waals surface area (Å²) < 4.78 is 5.35. The van der Waals surface area contributed by atoms with Crippen LogP contribution >= 0.6 is 11.8 Å². The fourth-order valence-electron chi connectivity index (χ4n) is 1.84. The van der Waals surface area contributed by atoms with E-state index >= 15 is 0 Å². The molecule has 0 fully saturated rings. The Balaban J connectivity index is 2.11. The highest BCUT2D eigenvalue weighted by Crippen LogP contribution is 2.25. The van der Waals surface area contributed by atoms with E-state index in [0.29, 0.717) is 16.3 Å². The smallest absolute Gasteiger partial charge is 0.313 e. The number of carboxylic acids is 1. The molecule has 0 saturated heterocycles. The number of hydrogen-bond acceptors (Lipinski definition) is 4. The molecule has 1 aromatic carbocycles. The van der Waals surface area contributed by atoms with Crippen molar-refractivity contribution in [1.29, 1.82) is 0 Å². The number of carbonyl (C=O) groups excluding carboxylic acids is 1. The van der Waals surface area contributed by atoms with E-state index in [4.69, 9.17) is 4.42 Å². The van der Waals surface area contributed by atoms with Crippen molar-refractivity contribution >= 4 is 29.3 Å². The fraction of sp³-hybridized carbons (Fsp3) is 0.250. The van der Waals surface area contributed by atoms with Gasteiger partial charge in [0.15, 0.2) is 10.9 Å². The monoisotopic (exact) mass is 319 g/mol. The first-order valence-corrected chi connectivity index (χ1v) is 7.86. The summed E-state index contributed by atoms with van der Waals surface area (Å²) in [6.07, 6.45) is 1.86. The quantitative estimate of drug-likeness (QED) is 0.823. The van der Waals surface area contributed by atoms with Gasteiger partial charge in [-0.25, -0.2) is 0 Å². The Morgan fingerprint density at radius 2 is 1.77 bits per heavy atom. The van der Waals surface area contributed by atoms with E-state index < -0.39 is 11.4 Å². The van der Waals surface area contributed by atoms with Crippen LogP contribution in [0.2, 0.25) is 0 Å². The molecule has 0 spiro atoms. The van der Waals surface area contributed by atoms with Gasteiger partial charge >= 0.3 is 5.97 Å². The molecule has 116 valence electrons.